The van der Waals surface area contributed by atoms with Crippen molar-refractivity contribution in [2.24, 2.45) is 0 Å². The van der Waals surface area contributed by atoms with Crippen LogP contribution in [0.3, 0.4) is 0 Å². The van der Waals surface area contributed by atoms with Gasteiger partial charge in [-0.15, -0.1) is 10.2 Å². The molecule has 0 atom stereocenters. The summed E-state index contributed by atoms with van der Waals surface area (Å²) in [5, 5.41) is 21.6. The first kappa shape index (κ1) is 26.1. The smallest absolute Gasteiger partial charge is 0.342 e. The fraction of sp³-hybridized carbons (Fsp3) is 0.138. The van der Waals surface area contributed by atoms with E-state index in [-0.39, 0.29) is 4.91 Å². The first-order chi connectivity index (χ1) is 18.4. The Morgan fingerprint density at radius 3 is 2.39 bits per heavy atom. The zero-order valence-corrected chi connectivity index (χ0v) is 23.1. The molecule has 192 valence electrons. The molecule has 9 heteroatoms. The molecule has 0 aliphatic heterocycles. The summed E-state index contributed by atoms with van der Waals surface area (Å²) in [5.41, 5.74) is 4.65. The van der Waals surface area contributed by atoms with E-state index in [2.05, 4.69) is 14.8 Å². The molecule has 0 radical (unpaired) electrons. The van der Waals surface area contributed by atoms with Gasteiger partial charge in [-0.1, -0.05) is 59.6 Å². The Morgan fingerprint density at radius 1 is 0.974 bits per heavy atom. The number of fused-ring (bicyclic) bond motifs is 1. The van der Waals surface area contributed by atoms with Crippen LogP contribution in [0.5, 0.6) is 0 Å². The number of thioether (sulfide) groups is 1. The fourth-order valence-corrected chi connectivity index (χ4v) is 5.66. The average Bonchev–Trinajstić information content (AvgIpc) is 3.44. The molecule has 2 aromatic heterocycles. The molecule has 0 saturated carbocycles. The zero-order chi connectivity index (χ0) is 26.8. The average molecular weight is 564 g/mol. The summed E-state index contributed by atoms with van der Waals surface area (Å²) in [5.74, 6) is -0.375. The fourth-order valence-electron chi connectivity index (χ4n) is 4.47. The minimum atomic E-state index is -1.03. The summed E-state index contributed by atoms with van der Waals surface area (Å²) < 4.78 is 4.07. The molecule has 0 fully saturated rings. The summed E-state index contributed by atoms with van der Waals surface area (Å²) in [6.45, 7) is 5.13. The Labute approximate surface area is 234 Å². The van der Waals surface area contributed by atoms with Crippen molar-refractivity contribution in [1.29, 1.82) is 0 Å². The molecule has 5 aromatic rings. The largest absolute Gasteiger partial charge is 0.477 e. The van der Waals surface area contributed by atoms with Crippen molar-refractivity contribution in [2.45, 2.75) is 32.1 Å². The van der Waals surface area contributed by atoms with Gasteiger partial charge in [0, 0.05) is 50.9 Å². The molecule has 6 nitrogen and oxygen atoms in total. The predicted octanol–water partition coefficient (Wildman–Crippen LogP) is 7.80. The summed E-state index contributed by atoms with van der Waals surface area (Å²) in [4.78, 5) is 12.6. The van der Waals surface area contributed by atoms with Crippen molar-refractivity contribution in [1.82, 2.24) is 19.3 Å². The van der Waals surface area contributed by atoms with Gasteiger partial charge in [-0.05, 0) is 73.6 Å². The Hall–Kier alpha value is -3.52. The van der Waals surface area contributed by atoms with Gasteiger partial charge in [0.05, 0.1) is 0 Å². The van der Waals surface area contributed by atoms with Crippen molar-refractivity contribution in [3.8, 4) is 11.4 Å². The molecule has 2 heterocycles. The van der Waals surface area contributed by atoms with Gasteiger partial charge >= 0.3 is 5.97 Å². The van der Waals surface area contributed by atoms with E-state index in [9.17, 15) is 9.90 Å². The van der Waals surface area contributed by atoms with Crippen molar-refractivity contribution in [2.75, 3.05) is 0 Å². The Kier molecular flexibility index (Phi) is 7.61. The second-order valence-corrected chi connectivity index (χ2v) is 10.5. The monoisotopic (exact) mass is 562 g/mol. The van der Waals surface area contributed by atoms with Crippen LogP contribution in [-0.2, 0) is 17.9 Å². The molecule has 0 aliphatic carbocycles. The van der Waals surface area contributed by atoms with Crippen LogP contribution >= 0.6 is 35.0 Å². The third kappa shape index (κ3) is 5.10. The highest BCUT2D eigenvalue weighted by molar-refractivity contribution is 8.04. The number of carboxylic acids is 1. The van der Waals surface area contributed by atoms with E-state index in [0.29, 0.717) is 34.1 Å². The summed E-state index contributed by atoms with van der Waals surface area (Å²) in [6, 6.07) is 23.1. The minimum absolute atomic E-state index is 0.151. The number of carboxylic acid groups (broad SMARTS) is 1. The molecule has 0 aliphatic rings. The lowest BCUT2D eigenvalue weighted by Crippen LogP contribution is -2.04. The number of halogens is 2. The molecule has 5 rings (SSSR count). The van der Waals surface area contributed by atoms with E-state index >= 15 is 0 Å². The molecule has 0 unspecified atom stereocenters. The standard InChI is InChI=1S/C29H24Cl2N4O2S/c1-3-34-27(19-12-14-21(30)15-13-19)32-33-29(34)38-26(28(36)37)16-23-18(2)35(25-11-7-5-9-22(23)25)17-20-8-4-6-10-24(20)31/h4-16H,3,17H2,1-2H3,(H,36,37)/b26-16-. The third-order valence-electron chi connectivity index (χ3n) is 6.39. The summed E-state index contributed by atoms with van der Waals surface area (Å²) in [6.07, 6.45) is 1.73. The van der Waals surface area contributed by atoms with Gasteiger partial charge in [-0.25, -0.2) is 4.79 Å². The van der Waals surface area contributed by atoms with Crippen molar-refractivity contribution in [3.63, 3.8) is 0 Å². The number of aliphatic carboxylic acids is 1. The maximum atomic E-state index is 12.4. The number of benzene rings is 3. The lowest BCUT2D eigenvalue weighted by Gasteiger charge is -2.10. The maximum Gasteiger partial charge on any atom is 0.342 e. The Balaban J connectivity index is 1.56. The molecule has 0 spiro atoms. The van der Waals surface area contributed by atoms with Gasteiger partial charge in [0.25, 0.3) is 0 Å². The van der Waals surface area contributed by atoms with Gasteiger partial charge in [-0.2, -0.15) is 0 Å². The number of nitrogens with zero attached hydrogens (tertiary/aromatic N) is 4. The minimum Gasteiger partial charge on any atom is -0.477 e. The number of hydrogen-bond acceptors (Lipinski definition) is 4. The van der Waals surface area contributed by atoms with E-state index in [1.54, 1.807) is 18.2 Å². The third-order valence-corrected chi connectivity index (χ3v) is 8.01. The van der Waals surface area contributed by atoms with E-state index < -0.39 is 5.97 Å². The van der Waals surface area contributed by atoms with Crippen LogP contribution in [0, 0.1) is 6.92 Å². The van der Waals surface area contributed by atoms with Crippen molar-refractivity contribution < 1.29 is 9.90 Å². The molecule has 38 heavy (non-hydrogen) atoms. The lowest BCUT2D eigenvalue weighted by atomic mass is 10.1. The highest BCUT2D eigenvalue weighted by atomic mass is 35.5. The number of hydrogen-bond donors (Lipinski definition) is 1. The lowest BCUT2D eigenvalue weighted by molar-refractivity contribution is -0.131. The van der Waals surface area contributed by atoms with Crippen LogP contribution in [0.4, 0.5) is 0 Å². The van der Waals surface area contributed by atoms with Crippen LogP contribution in [-0.4, -0.2) is 30.4 Å². The van der Waals surface area contributed by atoms with E-state index in [0.717, 1.165) is 45.0 Å². The SMILES string of the molecule is CCn1c(S/C(=C\c2c(C)n(Cc3ccccc3Cl)c3ccccc23)C(=O)O)nnc1-c1ccc(Cl)cc1. The molecule has 3 aromatic carbocycles. The van der Waals surface area contributed by atoms with Crippen LogP contribution in [0.1, 0.15) is 23.7 Å². The first-order valence-corrected chi connectivity index (χ1v) is 13.6. The summed E-state index contributed by atoms with van der Waals surface area (Å²) in [7, 11) is 0. The normalized spacial score (nSPS) is 11.8. The van der Waals surface area contributed by atoms with Crippen LogP contribution in [0.2, 0.25) is 10.0 Å². The van der Waals surface area contributed by atoms with Gasteiger partial charge < -0.3 is 14.2 Å². The molecule has 0 saturated heterocycles. The molecule has 1 N–H and O–H groups in total. The molecule has 0 amide bonds. The van der Waals surface area contributed by atoms with E-state index in [1.807, 2.05) is 79.1 Å². The number of rotatable bonds is 8. The van der Waals surface area contributed by atoms with Crippen LogP contribution < -0.4 is 0 Å². The Morgan fingerprint density at radius 2 is 1.68 bits per heavy atom. The first-order valence-electron chi connectivity index (χ1n) is 12.0. The maximum absolute atomic E-state index is 12.4. The number of para-hydroxylation sites is 1. The van der Waals surface area contributed by atoms with Gasteiger partial charge in [0.15, 0.2) is 11.0 Å². The van der Waals surface area contributed by atoms with Gasteiger partial charge in [0.2, 0.25) is 0 Å². The molecular weight excluding hydrogens is 539 g/mol. The second kappa shape index (κ2) is 11.1. The van der Waals surface area contributed by atoms with Gasteiger partial charge in [0.1, 0.15) is 4.91 Å². The van der Waals surface area contributed by atoms with Crippen LogP contribution in [0.25, 0.3) is 28.4 Å². The second-order valence-electron chi connectivity index (χ2n) is 8.67. The van der Waals surface area contributed by atoms with Crippen LogP contribution in [0.15, 0.2) is 82.9 Å². The van der Waals surface area contributed by atoms with E-state index in [1.165, 1.54) is 0 Å². The highest BCUT2D eigenvalue weighted by Crippen LogP contribution is 2.35. The highest BCUT2D eigenvalue weighted by Gasteiger charge is 2.21. The predicted molar refractivity (Wildman–Crippen MR) is 155 cm³/mol. The van der Waals surface area contributed by atoms with E-state index in [4.69, 9.17) is 23.2 Å². The van der Waals surface area contributed by atoms with Crippen molar-refractivity contribution >= 4 is 57.9 Å². The number of aromatic nitrogens is 4. The van der Waals surface area contributed by atoms with Crippen molar-refractivity contribution in [3.05, 3.63) is 105 Å². The molecule has 0 bridgehead atoms. The number of carbonyl (C=O) groups is 1. The van der Waals surface area contributed by atoms with Gasteiger partial charge in [-0.3, -0.25) is 0 Å². The topological polar surface area (TPSA) is 72.9 Å². The zero-order valence-electron chi connectivity index (χ0n) is 20.7. The quantitative estimate of drug-likeness (QED) is 0.154. The summed E-state index contributed by atoms with van der Waals surface area (Å²) >= 11 is 13.6. The Bertz CT molecular complexity index is 1670. The molecular formula is C29H24Cl2N4O2S.